The highest BCUT2D eigenvalue weighted by Crippen LogP contribution is 2.52. The number of ether oxygens (including phenoxy) is 1. The Hall–Kier alpha value is -1.60. The van der Waals surface area contributed by atoms with Crippen LogP contribution in [-0.2, 0) is 17.6 Å². The molecule has 1 aliphatic carbocycles. The maximum absolute atomic E-state index is 5.62. The SMILES string of the molecule is COC1CC1(Cc1ccccc1)Cc1ccccc1. The molecule has 0 aliphatic heterocycles. The molecular formula is C18H20O. The second kappa shape index (κ2) is 5.18. The van der Waals surface area contributed by atoms with Crippen LogP contribution in [0, 0.1) is 5.41 Å². The second-order valence-corrected chi connectivity index (χ2v) is 5.62. The van der Waals surface area contributed by atoms with Gasteiger partial charge in [-0.05, 0) is 30.4 Å². The molecule has 2 aromatic rings. The first-order valence-electron chi connectivity index (χ1n) is 6.93. The Bertz CT molecular complexity index is 476. The molecule has 0 N–H and O–H groups in total. The first-order valence-corrected chi connectivity index (χ1v) is 6.93. The van der Waals surface area contributed by atoms with Gasteiger partial charge in [-0.1, -0.05) is 60.7 Å². The first kappa shape index (κ1) is 12.4. The molecular weight excluding hydrogens is 232 g/mol. The standard InChI is InChI=1S/C18H20O/c1-19-17-14-18(17,12-15-8-4-2-5-9-15)13-16-10-6-3-7-11-16/h2-11,17H,12-14H2,1H3. The number of rotatable bonds is 5. The fourth-order valence-electron chi connectivity index (χ4n) is 3.08. The number of hydrogen-bond acceptors (Lipinski definition) is 1. The van der Waals surface area contributed by atoms with Crippen molar-refractivity contribution in [2.24, 2.45) is 5.41 Å². The van der Waals surface area contributed by atoms with Crippen LogP contribution in [0.2, 0.25) is 0 Å². The van der Waals surface area contributed by atoms with Gasteiger partial charge in [-0.3, -0.25) is 0 Å². The van der Waals surface area contributed by atoms with Crippen LogP contribution in [0.15, 0.2) is 60.7 Å². The lowest BCUT2D eigenvalue weighted by Crippen LogP contribution is -2.15. The third-order valence-electron chi connectivity index (χ3n) is 4.20. The van der Waals surface area contributed by atoms with E-state index in [1.165, 1.54) is 17.5 Å². The van der Waals surface area contributed by atoms with Gasteiger partial charge in [0.25, 0.3) is 0 Å². The van der Waals surface area contributed by atoms with E-state index >= 15 is 0 Å². The van der Waals surface area contributed by atoms with Gasteiger partial charge in [-0.25, -0.2) is 0 Å². The monoisotopic (exact) mass is 252 g/mol. The van der Waals surface area contributed by atoms with Gasteiger partial charge in [0.05, 0.1) is 6.10 Å². The molecule has 0 spiro atoms. The predicted molar refractivity (Wildman–Crippen MR) is 78.1 cm³/mol. The first-order chi connectivity index (χ1) is 9.32. The van der Waals surface area contributed by atoms with Crippen molar-refractivity contribution in [1.29, 1.82) is 0 Å². The summed E-state index contributed by atoms with van der Waals surface area (Å²) in [4.78, 5) is 0. The molecule has 0 aromatic heterocycles. The molecule has 0 heterocycles. The van der Waals surface area contributed by atoms with Gasteiger partial charge in [0.15, 0.2) is 0 Å². The Morgan fingerprint density at radius 3 is 1.74 bits per heavy atom. The largest absolute Gasteiger partial charge is 0.381 e. The number of methoxy groups -OCH3 is 1. The molecule has 19 heavy (non-hydrogen) atoms. The van der Waals surface area contributed by atoms with Gasteiger partial charge in [-0.2, -0.15) is 0 Å². The van der Waals surface area contributed by atoms with E-state index in [1.54, 1.807) is 0 Å². The van der Waals surface area contributed by atoms with Gasteiger partial charge in [0.1, 0.15) is 0 Å². The average molecular weight is 252 g/mol. The summed E-state index contributed by atoms with van der Waals surface area (Å²) in [6, 6.07) is 21.5. The van der Waals surface area contributed by atoms with Gasteiger partial charge in [-0.15, -0.1) is 0 Å². The summed E-state index contributed by atoms with van der Waals surface area (Å²) in [7, 11) is 1.84. The molecule has 1 fully saturated rings. The van der Waals surface area contributed by atoms with Crippen molar-refractivity contribution in [3.8, 4) is 0 Å². The molecule has 3 rings (SSSR count). The van der Waals surface area contributed by atoms with Crippen LogP contribution in [0.5, 0.6) is 0 Å². The van der Waals surface area contributed by atoms with E-state index in [0.29, 0.717) is 11.5 Å². The Balaban J connectivity index is 1.77. The summed E-state index contributed by atoms with van der Waals surface area (Å²) in [6.45, 7) is 0. The van der Waals surface area contributed by atoms with E-state index in [1.807, 2.05) is 7.11 Å². The zero-order chi connectivity index (χ0) is 13.1. The van der Waals surface area contributed by atoms with E-state index < -0.39 is 0 Å². The van der Waals surface area contributed by atoms with Gasteiger partial charge < -0.3 is 4.74 Å². The maximum atomic E-state index is 5.62. The molecule has 0 bridgehead atoms. The minimum absolute atomic E-state index is 0.303. The molecule has 2 aromatic carbocycles. The highest BCUT2D eigenvalue weighted by molar-refractivity contribution is 5.25. The van der Waals surface area contributed by atoms with Crippen LogP contribution in [-0.4, -0.2) is 13.2 Å². The topological polar surface area (TPSA) is 9.23 Å². The summed E-state index contributed by atoms with van der Waals surface area (Å²) in [5, 5.41) is 0. The van der Waals surface area contributed by atoms with Gasteiger partial charge in [0, 0.05) is 12.5 Å². The van der Waals surface area contributed by atoms with Crippen molar-refractivity contribution in [2.75, 3.05) is 7.11 Å². The highest BCUT2D eigenvalue weighted by atomic mass is 16.5. The van der Waals surface area contributed by atoms with E-state index in [-0.39, 0.29) is 0 Å². The van der Waals surface area contributed by atoms with E-state index in [9.17, 15) is 0 Å². The van der Waals surface area contributed by atoms with Crippen molar-refractivity contribution in [3.63, 3.8) is 0 Å². The van der Waals surface area contributed by atoms with Crippen molar-refractivity contribution in [2.45, 2.75) is 25.4 Å². The van der Waals surface area contributed by atoms with Crippen molar-refractivity contribution in [1.82, 2.24) is 0 Å². The Labute approximate surface area is 115 Å². The lowest BCUT2D eigenvalue weighted by atomic mass is 9.89. The summed E-state index contributed by atoms with van der Waals surface area (Å²) in [5.74, 6) is 0. The summed E-state index contributed by atoms with van der Waals surface area (Å²) in [6.07, 6.45) is 3.81. The normalized spacial score (nSPS) is 20.2. The molecule has 1 heteroatoms. The predicted octanol–water partition coefficient (Wildman–Crippen LogP) is 3.88. The summed E-state index contributed by atoms with van der Waals surface area (Å²) >= 11 is 0. The number of benzene rings is 2. The molecule has 1 aliphatic rings. The van der Waals surface area contributed by atoms with Crippen molar-refractivity contribution < 1.29 is 4.74 Å². The Morgan fingerprint density at radius 1 is 0.895 bits per heavy atom. The lowest BCUT2D eigenvalue weighted by molar-refractivity contribution is 0.142. The molecule has 0 saturated heterocycles. The van der Waals surface area contributed by atoms with Crippen LogP contribution < -0.4 is 0 Å². The van der Waals surface area contributed by atoms with Crippen LogP contribution in [0.1, 0.15) is 17.5 Å². The second-order valence-electron chi connectivity index (χ2n) is 5.62. The molecule has 98 valence electrons. The lowest BCUT2D eigenvalue weighted by Gasteiger charge is -2.17. The van der Waals surface area contributed by atoms with E-state index in [4.69, 9.17) is 4.74 Å². The van der Waals surface area contributed by atoms with Gasteiger partial charge >= 0.3 is 0 Å². The van der Waals surface area contributed by atoms with E-state index in [2.05, 4.69) is 60.7 Å². The fraction of sp³-hybridized carbons (Fsp3) is 0.333. The van der Waals surface area contributed by atoms with Crippen LogP contribution in [0.25, 0.3) is 0 Å². The molecule has 0 amide bonds. The van der Waals surface area contributed by atoms with Crippen molar-refractivity contribution in [3.05, 3.63) is 71.8 Å². The molecule has 1 unspecified atom stereocenters. The minimum atomic E-state index is 0.303. The molecule has 0 radical (unpaired) electrons. The zero-order valence-corrected chi connectivity index (χ0v) is 11.4. The minimum Gasteiger partial charge on any atom is -0.381 e. The average Bonchev–Trinajstić information content (AvgIpc) is 3.13. The van der Waals surface area contributed by atoms with Gasteiger partial charge in [0.2, 0.25) is 0 Å². The maximum Gasteiger partial charge on any atom is 0.0641 e. The third kappa shape index (κ3) is 2.71. The van der Waals surface area contributed by atoms with Crippen molar-refractivity contribution >= 4 is 0 Å². The third-order valence-corrected chi connectivity index (χ3v) is 4.20. The van der Waals surface area contributed by atoms with E-state index in [0.717, 1.165) is 12.8 Å². The zero-order valence-electron chi connectivity index (χ0n) is 11.4. The number of hydrogen-bond donors (Lipinski definition) is 0. The molecule has 1 nitrogen and oxygen atoms in total. The Kier molecular flexibility index (Phi) is 3.39. The van der Waals surface area contributed by atoms with Crippen LogP contribution >= 0.6 is 0 Å². The summed E-state index contributed by atoms with van der Waals surface area (Å²) in [5.41, 5.74) is 3.13. The summed E-state index contributed by atoms with van der Waals surface area (Å²) < 4.78 is 5.62. The smallest absolute Gasteiger partial charge is 0.0641 e. The quantitative estimate of drug-likeness (QED) is 0.784. The van der Waals surface area contributed by atoms with Crippen LogP contribution in [0.4, 0.5) is 0 Å². The molecule has 1 atom stereocenters. The fourth-order valence-corrected chi connectivity index (χ4v) is 3.08. The molecule has 1 saturated carbocycles. The Morgan fingerprint density at radius 2 is 1.37 bits per heavy atom. The highest BCUT2D eigenvalue weighted by Gasteiger charge is 2.54. The van der Waals surface area contributed by atoms with Crippen LogP contribution in [0.3, 0.4) is 0 Å².